The fraction of sp³-hybridized carbons (Fsp3) is 0.0588. The maximum absolute atomic E-state index is 13.2. The molecule has 0 amide bonds. The smallest absolute Gasteiger partial charge is 0.341 e. The van der Waals surface area contributed by atoms with Gasteiger partial charge in [-0.3, -0.25) is 4.79 Å². The summed E-state index contributed by atoms with van der Waals surface area (Å²) in [5, 5.41) is 9.49. The molecule has 1 aromatic heterocycles. The summed E-state index contributed by atoms with van der Waals surface area (Å²) in [6.07, 6.45) is 1.22. The van der Waals surface area contributed by atoms with E-state index in [1.807, 2.05) is 0 Å². The first-order valence-corrected chi connectivity index (χ1v) is 7.03. The van der Waals surface area contributed by atoms with Crippen molar-refractivity contribution in [1.82, 2.24) is 4.57 Å². The molecule has 0 radical (unpaired) electrons. The molecular weight excluding hydrogens is 317 g/mol. The van der Waals surface area contributed by atoms with Gasteiger partial charge in [0.1, 0.15) is 11.4 Å². The standard InChI is InChI=1S/C17H10FNO5/c18-9-1-3-10(4-2-9)19-7-12(17(21)22)16(20)11-5-14-15(6-13(11)19)24-8-23-14/h1-7H,8H2,(H,21,22). The van der Waals surface area contributed by atoms with Crippen LogP contribution >= 0.6 is 0 Å². The zero-order chi connectivity index (χ0) is 16.8. The van der Waals surface area contributed by atoms with Crippen LogP contribution in [0.2, 0.25) is 0 Å². The fourth-order valence-electron chi connectivity index (χ4n) is 2.68. The lowest BCUT2D eigenvalue weighted by atomic mass is 10.1. The van der Waals surface area contributed by atoms with E-state index < -0.39 is 17.2 Å². The molecule has 0 unspecified atom stereocenters. The van der Waals surface area contributed by atoms with Gasteiger partial charge >= 0.3 is 5.97 Å². The monoisotopic (exact) mass is 327 g/mol. The van der Waals surface area contributed by atoms with E-state index in [1.54, 1.807) is 6.07 Å². The summed E-state index contributed by atoms with van der Waals surface area (Å²) < 4.78 is 25.3. The minimum Gasteiger partial charge on any atom is -0.477 e. The van der Waals surface area contributed by atoms with Crippen molar-refractivity contribution in [2.45, 2.75) is 0 Å². The minimum absolute atomic E-state index is 0.0299. The predicted octanol–water partition coefficient (Wildman–Crippen LogP) is 2.56. The van der Waals surface area contributed by atoms with Crippen LogP contribution in [0.3, 0.4) is 0 Å². The van der Waals surface area contributed by atoms with Crippen molar-refractivity contribution in [3.05, 3.63) is 64.2 Å². The van der Waals surface area contributed by atoms with Crippen LogP contribution in [0.1, 0.15) is 10.4 Å². The molecule has 7 heteroatoms. The molecule has 0 saturated heterocycles. The summed E-state index contributed by atoms with van der Waals surface area (Å²) in [5.74, 6) is -0.913. The van der Waals surface area contributed by atoms with Gasteiger partial charge in [-0.05, 0) is 30.3 Å². The topological polar surface area (TPSA) is 77.8 Å². The zero-order valence-corrected chi connectivity index (χ0v) is 12.2. The third kappa shape index (κ3) is 2.10. The molecule has 6 nitrogen and oxygen atoms in total. The van der Waals surface area contributed by atoms with Crippen molar-refractivity contribution in [3.63, 3.8) is 0 Å². The van der Waals surface area contributed by atoms with Gasteiger partial charge in [0, 0.05) is 18.0 Å². The van der Waals surface area contributed by atoms with E-state index in [0.717, 1.165) is 0 Å². The molecule has 3 aromatic rings. The Hall–Kier alpha value is -3.35. The molecule has 0 bridgehead atoms. The van der Waals surface area contributed by atoms with Crippen LogP contribution in [0.25, 0.3) is 16.6 Å². The molecule has 24 heavy (non-hydrogen) atoms. The lowest BCUT2D eigenvalue weighted by molar-refractivity contribution is 0.0695. The number of fused-ring (bicyclic) bond motifs is 2. The van der Waals surface area contributed by atoms with Crippen molar-refractivity contribution >= 4 is 16.9 Å². The van der Waals surface area contributed by atoms with Gasteiger partial charge in [-0.2, -0.15) is 0 Å². The summed E-state index contributed by atoms with van der Waals surface area (Å²) >= 11 is 0. The average Bonchev–Trinajstić information content (AvgIpc) is 3.02. The molecule has 0 atom stereocenters. The van der Waals surface area contributed by atoms with Crippen LogP contribution in [-0.2, 0) is 0 Å². The van der Waals surface area contributed by atoms with Gasteiger partial charge in [-0.1, -0.05) is 0 Å². The van der Waals surface area contributed by atoms with Crippen molar-refractivity contribution in [1.29, 1.82) is 0 Å². The molecule has 0 saturated carbocycles. The van der Waals surface area contributed by atoms with E-state index in [9.17, 15) is 19.1 Å². The Bertz CT molecular complexity index is 1040. The van der Waals surface area contributed by atoms with Crippen LogP contribution in [0, 0.1) is 5.82 Å². The number of hydrogen-bond acceptors (Lipinski definition) is 4. The van der Waals surface area contributed by atoms with Crippen molar-refractivity contribution in [2.24, 2.45) is 0 Å². The summed E-state index contributed by atoms with van der Waals surface area (Å²) in [5.41, 5.74) is -0.0384. The lowest BCUT2D eigenvalue weighted by Gasteiger charge is -2.13. The van der Waals surface area contributed by atoms with E-state index in [2.05, 4.69) is 0 Å². The quantitative estimate of drug-likeness (QED) is 0.783. The summed E-state index contributed by atoms with van der Waals surface area (Å²) in [6.45, 7) is 0.0299. The molecule has 2 aromatic carbocycles. The highest BCUT2D eigenvalue weighted by Crippen LogP contribution is 2.35. The van der Waals surface area contributed by atoms with Crippen molar-refractivity contribution < 1.29 is 23.8 Å². The lowest BCUT2D eigenvalue weighted by Crippen LogP contribution is -2.18. The number of hydrogen-bond donors (Lipinski definition) is 1. The van der Waals surface area contributed by atoms with E-state index in [-0.39, 0.29) is 17.7 Å². The highest BCUT2D eigenvalue weighted by Gasteiger charge is 2.21. The number of aromatic carboxylic acids is 1. The normalized spacial score (nSPS) is 12.5. The molecule has 120 valence electrons. The number of benzene rings is 2. The molecular formula is C17H10FNO5. The van der Waals surface area contributed by atoms with Gasteiger partial charge in [-0.15, -0.1) is 0 Å². The van der Waals surface area contributed by atoms with E-state index in [4.69, 9.17) is 9.47 Å². The van der Waals surface area contributed by atoms with Crippen LogP contribution in [-0.4, -0.2) is 22.4 Å². The number of nitrogens with zero attached hydrogens (tertiary/aromatic N) is 1. The molecule has 1 aliphatic heterocycles. The van der Waals surface area contributed by atoms with E-state index in [0.29, 0.717) is 22.7 Å². The third-order valence-electron chi connectivity index (χ3n) is 3.83. The Morgan fingerprint density at radius 3 is 2.46 bits per heavy atom. The Morgan fingerprint density at radius 2 is 1.79 bits per heavy atom. The Balaban J connectivity index is 2.11. The first-order valence-electron chi connectivity index (χ1n) is 7.03. The molecule has 0 fully saturated rings. The van der Waals surface area contributed by atoms with Gasteiger partial charge < -0.3 is 19.1 Å². The minimum atomic E-state index is -1.34. The SMILES string of the molecule is O=C(O)c1cn(-c2ccc(F)cc2)c2cc3c(cc2c1=O)OCO3. The second-order valence-corrected chi connectivity index (χ2v) is 5.25. The Kier molecular flexibility index (Phi) is 3.02. The number of carbonyl (C=O) groups is 1. The summed E-state index contributed by atoms with van der Waals surface area (Å²) in [4.78, 5) is 23.9. The number of carboxylic acid groups (broad SMARTS) is 1. The first-order chi connectivity index (χ1) is 11.5. The zero-order valence-electron chi connectivity index (χ0n) is 12.2. The average molecular weight is 327 g/mol. The molecule has 1 N–H and O–H groups in total. The molecule has 1 aliphatic rings. The summed E-state index contributed by atoms with van der Waals surface area (Å²) in [6, 6.07) is 8.57. The third-order valence-corrected chi connectivity index (χ3v) is 3.83. The second-order valence-electron chi connectivity index (χ2n) is 5.25. The highest BCUT2D eigenvalue weighted by molar-refractivity contribution is 5.94. The number of halogens is 1. The van der Waals surface area contributed by atoms with Crippen LogP contribution < -0.4 is 14.9 Å². The summed E-state index contributed by atoms with van der Waals surface area (Å²) in [7, 11) is 0. The Labute approximate surface area is 134 Å². The van der Waals surface area contributed by atoms with Gasteiger partial charge in [0.15, 0.2) is 11.5 Å². The predicted molar refractivity (Wildman–Crippen MR) is 82.6 cm³/mol. The number of ether oxygens (including phenoxy) is 2. The van der Waals surface area contributed by atoms with Crippen molar-refractivity contribution in [3.8, 4) is 17.2 Å². The van der Waals surface area contributed by atoms with E-state index >= 15 is 0 Å². The van der Waals surface area contributed by atoms with Gasteiger partial charge in [-0.25, -0.2) is 9.18 Å². The van der Waals surface area contributed by atoms with Crippen LogP contribution in [0.15, 0.2) is 47.4 Å². The number of pyridine rings is 1. The highest BCUT2D eigenvalue weighted by atomic mass is 19.1. The first kappa shape index (κ1) is 14.3. The molecule has 0 aliphatic carbocycles. The van der Waals surface area contributed by atoms with Crippen LogP contribution in [0.4, 0.5) is 4.39 Å². The van der Waals surface area contributed by atoms with Gasteiger partial charge in [0.25, 0.3) is 0 Å². The second kappa shape index (κ2) is 5.09. The Morgan fingerprint density at radius 1 is 1.12 bits per heavy atom. The maximum Gasteiger partial charge on any atom is 0.341 e. The number of rotatable bonds is 2. The van der Waals surface area contributed by atoms with Crippen molar-refractivity contribution in [2.75, 3.05) is 6.79 Å². The van der Waals surface area contributed by atoms with Gasteiger partial charge in [0.2, 0.25) is 12.2 Å². The molecule has 2 heterocycles. The molecule has 0 spiro atoms. The fourth-order valence-corrected chi connectivity index (χ4v) is 2.68. The molecule has 4 rings (SSSR count). The number of aromatic nitrogens is 1. The van der Waals surface area contributed by atoms with E-state index in [1.165, 1.54) is 41.1 Å². The number of carboxylic acids is 1. The van der Waals surface area contributed by atoms with Gasteiger partial charge in [0.05, 0.1) is 10.9 Å². The maximum atomic E-state index is 13.2. The van der Waals surface area contributed by atoms with Crippen LogP contribution in [0.5, 0.6) is 11.5 Å². The largest absolute Gasteiger partial charge is 0.477 e.